The standard InChI is InChI=1S/C20H21BrN4O4S2/c1-4-9-25-17(14-7-8-15(21)29-14)23-24-20(25)30-11-16(26)22-18-13(19(27)28-6-3)10-12(5-2)31-18/h4,7-8,10H,1,5-6,9,11H2,2-3H3,(H,22,26). The Bertz CT molecular complexity index is 1090. The fourth-order valence-corrected chi connectivity index (χ4v) is 4.72. The summed E-state index contributed by atoms with van der Waals surface area (Å²) in [4.78, 5) is 25.8. The maximum atomic E-state index is 12.6. The van der Waals surface area contributed by atoms with Gasteiger partial charge in [0.15, 0.2) is 15.6 Å². The zero-order chi connectivity index (χ0) is 22.4. The number of hydrogen-bond acceptors (Lipinski definition) is 8. The molecule has 0 aliphatic carbocycles. The molecule has 0 atom stereocenters. The molecule has 11 heteroatoms. The van der Waals surface area contributed by atoms with Crippen LogP contribution in [0.15, 0.2) is 45.1 Å². The molecule has 0 saturated carbocycles. The zero-order valence-corrected chi connectivity index (χ0v) is 20.2. The van der Waals surface area contributed by atoms with Crippen molar-refractivity contribution in [2.45, 2.75) is 32.0 Å². The molecule has 3 heterocycles. The van der Waals surface area contributed by atoms with Crippen molar-refractivity contribution in [2.24, 2.45) is 0 Å². The summed E-state index contributed by atoms with van der Waals surface area (Å²) in [5.74, 6) is 0.502. The molecule has 3 aromatic heterocycles. The van der Waals surface area contributed by atoms with Crippen LogP contribution in [0.5, 0.6) is 0 Å². The van der Waals surface area contributed by atoms with Crippen LogP contribution in [0.2, 0.25) is 0 Å². The summed E-state index contributed by atoms with van der Waals surface area (Å²) in [6, 6.07) is 5.32. The number of furan rings is 1. The number of allylic oxidation sites excluding steroid dienone is 1. The lowest BCUT2D eigenvalue weighted by Crippen LogP contribution is -2.16. The predicted molar refractivity (Wildman–Crippen MR) is 125 cm³/mol. The fraction of sp³-hybridized carbons (Fsp3) is 0.300. The summed E-state index contributed by atoms with van der Waals surface area (Å²) >= 11 is 5.89. The number of aromatic nitrogens is 3. The Labute approximate surface area is 196 Å². The van der Waals surface area contributed by atoms with Crippen LogP contribution in [-0.4, -0.2) is 39.0 Å². The third-order valence-electron chi connectivity index (χ3n) is 4.03. The highest BCUT2D eigenvalue weighted by molar-refractivity contribution is 9.10. The largest absolute Gasteiger partial charge is 0.462 e. The summed E-state index contributed by atoms with van der Waals surface area (Å²) in [5, 5.41) is 12.3. The molecular formula is C20H21BrN4O4S2. The van der Waals surface area contributed by atoms with Crippen LogP contribution in [0.25, 0.3) is 11.6 Å². The van der Waals surface area contributed by atoms with Gasteiger partial charge >= 0.3 is 5.97 Å². The number of hydrogen-bond donors (Lipinski definition) is 1. The number of amides is 1. The van der Waals surface area contributed by atoms with Crippen molar-refractivity contribution in [1.29, 1.82) is 0 Å². The van der Waals surface area contributed by atoms with Crippen molar-refractivity contribution >= 4 is 55.9 Å². The molecule has 0 fully saturated rings. The Hall–Kier alpha value is -2.37. The highest BCUT2D eigenvalue weighted by Crippen LogP contribution is 2.30. The highest BCUT2D eigenvalue weighted by atomic mass is 79.9. The van der Waals surface area contributed by atoms with Crippen molar-refractivity contribution in [3.8, 4) is 11.6 Å². The van der Waals surface area contributed by atoms with Gasteiger partial charge in [0, 0.05) is 11.4 Å². The molecule has 0 aliphatic rings. The average molecular weight is 525 g/mol. The maximum Gasteiger partial charge on any atom is 0.341 e. The van der Waals surface area contributed by atoms with Crippen LogP contribution in [0.3, 0.4) is 0 Å². The molecule has 0 bridgehead atoms. The van der Waals surface area contributed by atoms with E-state index in [2.05, 4.69) is 38.0 Å². The Kier molecular flexibility index (Phi) is 8.10. The lowest BCUT2D eigenvalue weighted by Gasteiger charge is -2.07. The van der Waals surface area contributed by atoms with Crippen LogP contribution in [0, 0.1) is 0 Å². The Morgan fingerprint density at radius 2 is 2.19 bits per heavy atom. The molecule has 0 saturated heterocycles. The lowest BCUT2D eigenvalue weighted by molar-refractivity contribution is -0.113. The van der Waals surface area contributed by atoms with Gasteiger partial charge in [0.25, 0.3) is 0 Å². The van der Waals surface area contributed by atoms with Crippen LogP contribution in [-0.2, 0) is 22.5 Å². The minimum atomic E-state index is -0.443. The first-order valence-electron chi connectivity index (χ1n) is 9.49. The first-order valence-corrected chi connectivity index (χ1v) is 12.1. The minimum Gasteiger partial charge on any atom is -0.462 e. The Morgan fingerprint density at radius 3 is 2.84 bits per heavy atom. The minimum absolute atomic E-state index is 0.0960. The van der Waals surface area contributed by atoms with E-state index in [1.807, 2.05) is 11.5 Å². The second kappa shape index (κ2) is 10.8. The first kappa shape index (κ1) is 23.3. The quantitative estimate of drug-likeness (QED) is 0.226. The smallest absolute Gasteiger partial charge is 0.341 e. The summed E-state index contributed by atoms with van der Waals surface area (Å²) < 4.78 is 13.1. The van der Waals surface area contributed by atoms with Gasteiger partial charge in [0.2, 0.25) is 11.7 Å². The summed E-state index contributed by atoms with van der Waals surface area (Å²) in [6.45, 7) is 8.24. The van der Waals surface area contributed by atoms with Gasteiger partial charge in [0.1, 0.15) is 5.00 Å². The molecule has 0 aromatic carbocycles. The Balaban J connectivity index is 1.72. The van der Waals surface area contributed by atoms with Gasteiger partial charge in [-0.25, -0.2) is 4.79 Å². The van der Waals surface area contributed by atoms with Crippen molar-refractivity contribution in [1.82, 2.24) is 14.8 Å². The molecule has 31 heavy (non-hydrogen) atoms. The van der Waals surface area contributed by atoms with E-state index >= 15 is 0 Å². The second-order valence-corrected chi connectivity index (χ2v) is 9.04. The topological polar surface area (TPSA) is 99.2 Å². The summed E-state index contributed by atoms with van der Waals surface area (Å²) in [6.07, 6.45) is 2.48. The molecule has 0 spiro atoms. The van der Waals surface area contributed by atoms with Crippen molar-refractivity contribution in [3.63, 3.8) is 0 Å². The predicted octanol–water partition coefficient (Wildman–Crippen LogP) is 5.02. The van der Waals surface area contributed by atoms with Gasteiger partial charge < -0.3 is 14.5 Å². The number of thiophene rings is 1. The van der Waals surface area contributed by atoms with Crippen LogP contribution < -0.4 is 5.32 Å². The van der Waals surface area contributed by atoms with Crippen molar-refractivity contribution in [2.75, 3.05) is 17.7 Å². The number of halogens is 1. The van der Waals surface area contributed by atoms with Gasteiger partial charge in [-0.15, -0.1) is 28.1 Å². The first-order chi connectivity index (χ1) is 15.0. The highest BCUT2D eigenvalue weighted by Gasteiger charge is 2.20. The molecular weight excluding hydrogens is 504 g/mol. The Morgan fingerprint density at radius 1 is 1.39 bits per heavy atom. The van der Waals surface area contributed by atoms with Crippen LogP contribution in [0.1, 0.15) is 29.1 Å². The second-order valence-electron chi connectivity index (χ2n) is 6.18. The van der Waals surface area contributed by atoms with Gasteiger partial charge in [-0.05, 0) is 47.5 Å². The molecule has 1 N–H and O–H groups in total. The normalized spacial score (nSPS) is 10.8. The number of anilines is 1. The number of rotatable bonds is 10. The molecule has 3 rings (SSSR count). The molecule has 3 aromatic rings. The maximum absolute atomic E-state index is 12.6. The van der Waals surface area contributed by atoms with Gasteiger partial charge in [-0.2, -0.15) is 0 Å². The van der Waals surface area contributed by atoms with Gasteiger partial charge in [0.05, 0.1) is 17.9 Å². The average Bonchev–Trinajstić information content (AvgIpc) is 3.45. The van der Waals surface area contributed by atoms with E-state index in [0.717, 1.165) is 11.3 Å². The molecule has 164 valence electrons. The van der Waals surface area contributed by atoms with Crippen molar-refractivity contribution < 1.29 is 18.7 Å². The molecule has 0 unspecified atom stereocenters. The van der Waals surface area contributed by atoms with Gasteiger partial charge in [-0.3, -0.25) is 9.36 Å². The van der Waals surface area contributed by atoms with E-state index in [1.165, 1.54) is 23.1 Å². The number of nitrogens with one attached hydrogen (secondary N) is 1. The van der Waals surface area contributed by atoms with E-state index in [1.54, 1.807) is 31.2 Å². The molecule has 1 amide bonds. The number of thioether (sulfide) groups is 1. The number of aryl methyl sites for hydroxylation is 1. The third kappa shape index (κ3) is 5.66. The fourth-order valence-electron chi connectivity index (χ4n) is 2.67. The molecule has 0 aliphatic heterocycles. The lowest BCUT2D eigenvalue weighted by atomic mass is 10.2. The SMILES string of the molecule is C=CCn1c(SCC(=O)Nc2sc(CC)cc2C(=O)OCC)nnc1-c1ccc(Br)o1. The molecule has 0 radical (unpaired) electrons. The zero-order valence-electron chi connectivity index (χ0n) is 17.0. The van der Waals surface area contributed by atoms with E-state index < -0.39 is 5.97 Å². The van der Waals surface area contributed by atoms with Crippen LogP contribution in [0.4, 0.5) is 5.00 Å². The number of ether oxygens (including phenoxy) is 1. The number of carbonyl (C=O) groups excluding carboxylic acids is 2. The molecule has 8 nitrogen and oxygen atoms in total. The van der Waals surface area contributed by atoms with E-state index in [4.69, 9.17) is 9.15 Å². The number of carbonyl (C=O) groups is 2. The van der Waals surface area contributed by atoms with E-state index in [9.17, 15) is 9.59 Å². The summed E-state index contributed by atoms with van der Waals surface area (Å²) in [5.41, 5.74) is 0.377. The van der Waals surface area contributed by atoms with Crippen LogP contribution >= 0.6 is 39.0 Å². The summed E-state index contributed by atoms with van der Waals surface area (Å²) in [7, 11) is 0. The van der Waals surface area contributed by atoms with E-state index in [0.29, 0.717) is 38.5 Å². The van der Waals surface area contributed by atoms with E-state index in [-0.39, 0.29) is 18.3 Å². The van der Waals surface area contributed by atoms with Crippen molar-refractivity contribution in [3.05, 3.63) is 46.0 Å². The number of nitrogens with zero attached hydrogens (tertiary/aromatic N) is 3. The van der Waals surface area contributed by atoms with Gasteiger partial charge in [-0.1, -0.05) is 24.8 Å². The monoisotopic (exact) mass is 524 g/mol. The third-order valence-corrected chi connectivity index (χ3v) is 6.62. The number of esters is 1.